The standard InChI is InChI=1S/C17H23N3O2/c1-3-22-11-7-10-18-17(21)14(2)20-13-16(12-19-20)15-8-5-4-6-9-15/h4-6,8-9,12-14H,3,7,10-11H2,1-2H3,(H,18,21)/t14-/m0/s1. The zero-order chi connectivity index (χ0) is 15.8. The Balaban J connectivity index is 1.88. The maximum Gasteiger partial charge on any atom is 0.244 e. The van der Waals surface area contributed by atoms with E-state index in [0.29, 0.717) is 19.8 Å². The van der Waals surface area contributed by atoms with Crippen molar-refractivity contribution in [3.8, 4) is 11.1 Å². The van der Waals surface area contributed by atoms with Crippen LogP contribution in [0, 0.1) is 0 Å². The summed E-state index contributed by atoms with van der Waals surface area (Å²) in [4.78, 5) is 12.1. The zero-order valence-electron chi connectivity index (χ0n) is 13.2. The van der Waals surface area contributed by atoms with Gasteiger partial charge in [0, 0.05) is 31.5 Å². The zero-order valence-corrected chi connectivity index (χ0v) is 13.2. The molecule has 1 atom stereocenters. The van der Waals surface area contributed by atoms with E-state index in [9.17, 15) is 4.79 Å². The number of ether oxygens (including phenoxy) is 1. The topological polar surface area (TPSA) is 56.1 Å². The summed E-state index contributed by atoms with van der Waals surface area (Å²) in [7, 11) is 0. The summed E-state index contributed by atoms with van der Waals surface area (Å²) in [6.07, 6.45) is 4.51. The van der Waals surface area contributed by atoms with Gasteiger partial charge >= 0.3 is 0 Å². The quantitative estimate of drug-likeness (QED) is 0.763. The van der Waals surface area contributed by atoms with Crippen LogP contribution in [0.5, 0.6) is 0 Å². The fourth-order valence-electron chi connectivity index (χ4n) is 2.13. The number of hydrogen-bond donors (Lipinski definition) is 1. The van der Waals surface area contributed by atoms with Crippen molar-refractivity contribution in [3.63, 3.8) is 0 Å². The molecule has 1 aromatic heterocycles. The fraction of sp³-hybridized carbons (Fsp3) is 0.412. The van der Waals surface area contributed by atoms with Crippen LogP contribution in [0.4, 0.5) is 0 Å². The van der Waals surface area contributed by atoms with Crippen LogP contribution in [0.25, 0.3) is 11.1 Å². The maximum absolute atomic E-state index is 12.1. The first-order valence-corrected chi connectivity index (χ1v) is 7.67. The molecule has 0 spiro atoms. The molecular formula is C17H23N3O2. The lowest BCUT2D eigenvalue weighted by atomic mass is 10.1. The highest BCUT2D eigenvalue weighted by atomic mass is 16.5. The highest BCUT2D eigenvalue weighted by molar-refractivity contribution is 5.79. The van der Waals surface area contributed by atoms with Gasteiger partial charge in [-0.15, -0.1) is 0 Å². The molecule has 1 aromatic carbocycles. The summed E-state index contributed by atoms with van der Waals surface area (Å²) in [6, 6.07) is 9.68. The molecule has 0 radical (unpaired) electrons. The van der Waals surface area contributed by atoms with E-state index in [-0.39, 0.29) is 11.9 Å². The van der Waals surface area contributed by atoms with Gasteiger partial charge in [0.15, 0.2) is 0 Å². The van der Waals surface area contributed by atoms with Crippen LogP contribution in [0.3, 0.4) is 0 Å². The van der Waals surface area contributed by atoms with Crippen molar-refractivity contribution in [3.05, 3.63) is 42.7 Å². The van der Waals surface area contributed by atoms with Crippen molar-refractivity contribution < 1.29 is 9.53 Å². The number of hydrogen-bond acceptors (Lipinski definition) is 3. The number of carbonyl (C=O) groups is 1. The number of rotatable bonds is 8. The lowest BCUT2D eigenvalue weighted by Gasteiger charge is -2.12. The average Bonchev–Trinajstić information content (AvgIpc) is 3.04. The van der Waals surface area contributed by atoms with E-state index < -0.39 is 0 Å². The Hall–Kier alpha value is -2.14. The Morgan fingerprint density at radius 1 is 1.32 bits per heavy atom. The van der Waals surface area contributed by atoms with E-state index in [1.165, 1.54) is 0 Å². The van der Waals surface area contributed by atoms with Gasteiger partial charge < -0.3 is 10.1 Å². The fourth-order valence-corrected chi connectivity index (χ4v) is 2.13. The van der Waals surface area contributed by atoms with Gasteiger partial charge in [0.25, 0.3) is 0 Å². The highest BCUT2D eigenvalue weighted by Crippen LogP contribution is 2.19. The van der Waals surface area contributed by atoms with Gasteiger partial charge in [-0.2, -0.15) is 5.10 Å². The summed E-state index contributed by atoms with van der Waals surface area (Å²) >= 11 is 0. The average molecular weight is 301 g/mol. The first-order chi connectivity index (χ1) is 10.7. The summed E-state index contributed by atoms with van der Waals surface area (Å²) in [5.41, 5.74) is 2.11. The molecular weight excluding hydrogens is 278 g/mol. The van der Waals surface area contributed by atoms with Crippen molar-refractivity contribution in [2.75, 3.05) is 19.8 Å². The Kier molecular flexibility index (Phi) is 6.15. The molecule has 22 heavy (non-hydrogen) atoms. The molecule has 0 aliphatic heterocycles. The third kappa shape index (κ3) is 4.43. The number of nitrogens with zero attached hydrogens (tertiary/aromatic N) is 2. The van der Waals surface area contributed by atoms with Gasteiger partial charge in [0.2, 0.25) is 5.91 Å². The Labute approximate surface area is 131 Å². The lowest BCUT2D eigenvalue weighted by molar-refractivity contribution is -0.124. The monoisotopic (exact) mass is 301 g/mol. The van der Waals surface area contributed by atoms with Crippen molar-refractivity contribution in [1.82, 2.24) is 15.1 Å². The summed E-state index contributed by atoms with van der Waals surface area (Å²) < 4.78 is 6.94. The van der Waals surface area contributed by atoms with Gasteiger partial charge in [-0.05, 0) is 25.8 Å². The molecule has 2 aromatic rings. The third-order valence-corrected chi connectivity index (χ3v) is 3.45. The largest absolute Gasteiger partial charge is 0.382 e. The molecule has 118 valence electrons. The Morgan fingerprint density at radius 2 is 2.09 bits per heavy atom. The van der Waals surface area contributed by atoms with E-state index in [4.69, 9.17) is 4.74 Å². The van der Waals surface area contributed by atoms with Crippen LogP contribution in [0.2, 0.25) is 0 Å². The summed E-state index contributed by atoms with van der Waals surface area (Å²) in [5, 5.41) is 7.21. The third-order valence-electron chi connectivity index (χ3n) is 3.45. The van der Waals surface area contributed by atoms with Gasteiger partial charge in [0.1, 0.15) is 6.04 Å². The molecule has 5 nitrogen and oxygen atoms in total. The van der Waals surface area contributed by atoms with Crippen molar-refractivity contribution in [2.24, 2.45) is 0 Å². The minimum absolute atomic E-state index is 0.0285. The number of carbonyl (C=O) groups excluding carboxylic acids is 1. The van der Waals surface area contributed by atoms with E-state index >= 15 is 0 Å². The van der Waals surface area contributed by atoms with Crippen molar-refractivity contribution in [1.29, 1.82) is 0 Å². The summed E-state index contributed by atoms with van der Waals surface area (Å²) in [6.45, 7) is 5.81. The number of aromatic nitrogens is 2. The second kappa shape index (κ2) is 8.34. The molecule has 0 aliphatic carbocycles. The Morgan fingerprint density at radius 3 is 2.82 bits per heavy atom. The second-order valence-electron chi connectivity index (χ2n) is 5.09. The van der Waals surface area contributed by atoms with Crippen LogP contribution in [-0.2, 0) is 9.53 Å². The number of nitrogens with one attached hydrogen (secondary N) is 1. The minimum Gasteiger partial charge on any atom is -0.382 e. The number of benzene rings is 1. The smallest absolute Gasteiger partial charge is 0.244 e. The normalized spacial score (nSPS) is 12.1. The first kappa shape index (κ1) is 16.2. The first-order valence-electron chi connectivity index (χ1n) is 7.67. The van der Waals surface area contributed by atoms with Crippen LogP contribution in [-0.4, -0.2) is 35.4 Å². The Bertz CT molecular complexity index is 581. The highest BCUT2D eigenvalue weighted by Gasteiger charge is 2.15. The molecule has 0 saturated heterocycles. The van der Waals surface area contributed by atoms with Crippen LogP contribution in [0.1, 0.15) is 26.3 Å². The SMILES string of the molecule is CCOCCCNC(=O)[C@H](C)n1cc(-c2ccccc2)cn1. The van der Waals surface area contributed by atoms with E-state index in [1.54, 1.807) is 10.9 Å². The van der Waals surface area contributed by atoms with Crippen LogP contribution in [0.15, 0.2) is 42.7 Å². The molecule has 0 fully saturated rings. The maximum atomic E-state index is 12.1. The minimum atomic E-state index is -0.329. The predicted molar refractivity (Wildman–Crippen MR) is 86.5 cm³/mol. The van der Waals surface area contributed by atoms with E-state index in [2.05, 4.69) is 10.4 Å². The second-order valence-corrected chi connectivity index (χ2v) is 5.09. The number of amides is 1. The lowest BCUT2D eigenvalue weighted by Crippen LogP contribution is -2.32. The van der Waals surface area contributed by atoms with Gasteiger partial charge in [0.05, 0.1) is 6.20 Å². The predicted octanol–water partition coefficient (Wildman–Crippen LogP) is 2.65. The van der Waals surface area contributed by atoms with Crippen molar-refractivity contribution >= 4 is 5.91 Å². The van der Waals surface area contributed by atoms with Crippen LogP contribution < -0.4 is 5.32 Å². The van der Waals surface area contributed by atoms with E-state index in [0.717, 1.165) is 17.5 Å². The van der Waals surface area contributed by atoms with Gasteiger partial charge in [-0.25, -0.2) is 0 Å². The molecule has 0 unspecified atom stereocenters. The molecule has 1 N–H and O–H groups in total. The molecule has 1 heterocycles. The van der Waals surface area contributed by atoms with Gasteiger partial charge in [-0.3, -0.25) is 9.48 Å². The molecule has 0 saturated carbocycles. The van der Waals surface area contributed by atoms with Gasteiger partial charge in [-0.1, -0.05) is 30.3 Å². The van der Waals surface area contributed by atoms with Crippen LogP contribution >= 0.6 is 0 Å². The van der Waals surface area contributed by atoms with E-state index in [1.807, 2.05) is 50.4 Å². The molecule has 0 aliphatic rings. The molecule has 1 amide bonds. The van der Waals surface area contributed by atoms with Crippen molar-refractivity contribution in [2.45, 2.75) is 26.3 Å². The molecule has 0 bridgehead atoms. The summed E-state index contributed by atoms with van der Waals surface area (Å²) in [5.74, 6) is -0.0285. The molecule has 5 heteroatoms. The molecule has 2 rings (SSSR count).